The summed E-state index contributed by atoms with van der Waals surface area (Å²) in [5.74, 6) is 5.64. The summed E-state index contributed by atoms with van der Waals surface area (Å²) in [4.78, 5) is 0. The molecule has 1 atom stereocenters. The van der Waals surface area contributed by atoms with Gasteiger partial charge in [0.25, 0.3) is 0 Å². The molecule has 0 spiro atoms. The second-order valence-corrected chi connectivity index (χ2v) is 5.27. The maximum Gasteiger partial charge on any atom is 0.176 e. The number of aliphatic hydroxyl groups is 1. The second kappa shape index (κ2) is 9.98. The largest absolute Gasteiger partial charge is 0.369 e. The number of benzene rings is 1. The summed E-state index contributed by atoms with van der Waals surface area (Å²) in [7, 11) is 0. The van der Waals surface area contributed by atoms with Gasteiger partial charge in [-0.2, -0.15) is 0 Å². The maximum atomic E-state index is 13.9. The Kier molecular flexibility index (Phi) is 8.26. The summed E-state index contributed by atoms with van der Waals surface area (Å²) in [6.07, 6.45) is 10.6. The van der Waals surface area contributed by atoms with Gasteiger partial charge in [-0.25, -0.2) is 8.78 Å². The van der Waals surface area contributed by atoms with Crippen molar-refractivity contribution in [3.8, 4) is 24.2 Å². The average molecular weight is 304 g/mol. The van der Waals surface area contributed by atoms with Crippen molar-refractivity contribution in [2.45, 2.75) is 58.0 Å². The molecule has 0 heterocycles. The van der Waals surface area contributed by atoms with Crippen LogP contribution in [0.5, 0.6) is 0 Å². The highest BCUT2D eigenvalue weighted by Crippen LogP contribution is 2.18. The lowest BCUT2D eigenvalue weighted by Gasteiger charge is -2.06. The molecule has 0 saturated carbocycles. The molecule has 0 aliphatic heterocycles. The van der Waals surface area contributed by atoms with E-state index in [0.29, 0.717) is 6.42 Å². The molecule has 22 heavy (non-hydrogen) atoms. The van der Waals surface area contributed by atoms with Crippen molar-refractivity contribution in [1.82, 2.24) is 0 Å². The van der Waals surface area contributed by atoms with E-state index < -0.39 is 17.7 Å². The third-order valence-corrected chi connectivity index (χ3v) is 3.43. The minimum absolute atomic E-state index is 0.110. The summed E-state index contributed by atoms with van der Waals surface area (Å²) in [5.41, 5.74) is 0.287. The second-order valence-electron chi connectivity index (χ2n) is 5.27. The van der Waals surface area contributed by atoms with Gasteiger partial charge < -0.3 is 5.11 Å². The van der Waals surface area contributed by atoms with Crippen molar-refractivity contribution in [3.05, 3.63) is 34.9 Å². The average Bonchev–Trinajstić information content (AvgIpc) is 2.50. The lowest BCUT2D eigenvalue weighted by atomic mass is 10.0. The van der Waals surface area contributed by atoms with Crippen LogP contribution in [0.15, 0.2) is 12.1 Å². The molecule has 0 radical (unpaired) electrons. The summed E-state index contributed by atoms with van der Waals surface area (Å²) >= 11 is 0. The first-order valence-corrected chi connectivity index (χ1v) is 7.72. The van der Waals surface area contributed by atoms with Gasteiger partial charge in [0.1, 0.15) is 11.6 Å². The van der Waals surface area contributed by atoms with Gasteiger partial charge >= 0.3 is 0 Å². The van der Waals surface area contributed by atoms with E-state index >= 15 is 0 Å². The third-order valence-electron chi connectivity index (χ3n) is 3.43. The molecular formula is C19H22F2O. The van der Waals surface area contributed by atoms with Crippen molar-refractivity contribution < 1.29 is 13.9 Å². The van der Waals surface area contributed by atoms with Crippen LogP contribution in [0.3, 0.4) is 0 Å². The van der Waals surface area contributed by atoms with Crippen LogP contribution in [0.25, 0.3) is 0 Å². The number of terminal acetylenes is 1. The molecular weight excluding hydrogens is 282 g/mol. The normalized spacial score (nSPS) is 11.4. The van der Waals surface area contributed by atoms with Gasteiger partial charge in [-0.05, 0) is 25.0 Å². The quantitative estimate of drug-likeness (QED) is 0.591. The maximum absolute atomic E-state index is 13.9. The van der Waals surface area contributed by atoms with E-state index in [0.717, 1.165) is 19.3 Å². The molecule has 0 aliphatic carbocycles. The van der Waals surface area contributed by atoms with E-state index in [9.17, 15) is 8.78 Å². The number of aliphatic hydroxyl groups excluding tert-OH is 1. The fraction of sp³-hybridized carbons (Fsp3) is 0.474. The minimum atomic E-state index is -1.23. The van der Waals surface area contributed by atoms with Gasteiger partial charge in [0.05, 0.1) is 0 Å². The first kappa shape index (κ1) is 18.2. The molecule has 0 aliphatic rings. The monoisotopic (exact) mass is 304 g/mol. The van der Waals surface area contributed by atoms with Gasteiger partial charge in [0, 0.05) is 11.1 Å². The molecule has 1 rings (SSSR count). The molecule has 0 unspecified atom stereocenters. The smallest absolute Gasteiger partial charge is 0.176 e. The molecule has 0 aromatic heterocycles. The Labute approximate surface area is 131 Å². The predicted octanol–water partition coefficient (Wildman–Crippen LogP) is 4.21. The first-order chi connectivity index (χ1) is 10.6. The highest BCUT2D eigenvalue weighted by Gasteiger charge is 2.10. The molecule has 3 heteroatoms. The van der Waals surface area contributed by atoms with Crippen molar-refractivity contribution >= 4 is 0 Å². The minimum Gasteiger partial charge on any atom is -0.369 e. The first-order valence-electron chi connectivity index (χ1n) is 7.72. The predicted molar refractivity (Wildman–Crippen MR) is 85.2 cm³/mol. The molecule has 1 N–H and O–H groups in total. The van der Waals surface area contributed by atoms with E-state index in [1.165, 1.54) is 31.4 Å². The zero-order valence-corrected chi connectivity index (χ0v) is 13.0. The molecule has 1 nitrogen and oxygen atoms in total. The van der Waals surface area contributed by atoms with E-state index in [-0.39, 0.29) is 11.1 Å². The zero-order valence-electron chi connectivity index (χ0n) is 13.0. The Balaban J connectivity index is 2.62. The highest BCUT2D eigenvalue weighted by molar-refractivity contribution is 5.39. The lowest BCUT2D eigenvalue weighted by molar-refractivity contribution is 0.290. The molecule has 1 aromatic rings. The van der Waals surface area contributed by atoms with Gasteiger partial charge in [-0.3, -0.25) is 0 Å². The summed E-state index contributed by atoms with van der Waals surface area (Å²) in [5, 5.41) is 9.12. The number of halogens is 2. The van der Waals surface area contributed by atoms with Gasteiger partial charge in [0.2, 0.25) is 0 Å². The molecule has 118 valence electrons. The van der Waals surface area contributed by atoms with Crippen LogP contribution in [0.1, 0.15) is 56.6 Å². The molecule has 0 amide bonds. The van der Waals surface area contributed by atoms with Gasteiger partial charge in [0.15, 0.2) is 6.10 Å². The topological polar surface area (TPSA) is 20.2 Å². The van der Waals surface area contributed by atoms with Crippen molar-refractivity contribution in [3.63, 3.8) is 0 Å². The Morgan fingerprint density at radius 1 is 1.09 bits per heavy atom. The molecule has 1 aromatic carbocycles. The standard InChI is InChI=1S/C19H22F2O/c1-3-5-6-7-8-9-10-17-18(20)13-15(14-19(17)21)11-12-16(22)4-2/h2,13-14,16,22H,3,5-10H2,1H3/t16-/m0/s1. The number of unbranched alkanes of at least 4 members (excludes halogenated alkanes) is 5. The van der Waals surface area contributed by atoms with Crippen LogP contribution in [0.4, 0.5) is 8.78 Å². The summed E-state index contributed by atoms with van der Waals surface area (Å²) in [6, 6.07) is 2.37. The van der Waals surface area contributed by atoms with Gasteiger partial charge in [-0.15, -0.1) is 6.42 Å². The van der Waals surface area contributed by atoms with Crippen molar-refractivity contribution in [1.29, 1.82) is 0 Å². The van der Waals surface area contributed by atoms with E-state index in [1.54, 1.807) is 0 Å². The molecule has 0 bridgehead atoms. The Morgan fingerprint density at radius 2 is 1.68 bits per heavy atom. The van der Waals surface area contributed by atoms with E-state index in [4.69, 9.17) is 11.5 Å². The van der Waals surface area contributed by atoms with E-state index in [1.807, 2.05) is 5.92 Å². The summed E-state index contributed by atoms with van der Waals surface area (Å²) in [6.45, 7) is 2.15. The van der Waals surface area contributed by atoms with Gasteiger partial charge in [-0.1, -0.05) is 56.8 Å². The highest BCUT2D eigenvalue weighted by atomic mass is 19.1. The Morgan fingerprint density at radius 3 is 2.27 bits per heavy atom. The number of hydrogen-bond donors (Lipinski definition) is 1. The van der Waals surface area contributed by atoms with Crippen LogP contribution in [0.2, 0.25) is 0 Å². The van der Waals surface area contributed by atoms with Crippen LogP contribution >= 0.6 is 0 Å². The van der Waals surface area contributed by atoms with Crippen LogP contribution in [-0.2, 0) is 6.42 Å². The summed E-state index contributed by atoms with van der Waals surface area (Å²) < 4.78 is 27.9. The van der Waals surface area contributed by atoms with Crippen LogP contribution in [-0.4, -0.2) is 11.2 Å². The van der Waals surface area contributed by atoms with Crippen LogP contribution in [0, 0.1) is 35.8 Å². The Bertz CT molecular complexity index is 552. The van der Waals surface area contributed by atoms with E-state index in [2.05, 4.69) is 18.8 Å². The van der Waals surface area contributed by atoms with Crippen LogP contribution < -0.4 is 0 Å². The zero-order chi connectivity index (χ0) is 16.4. The molecule has 0 fully saturated rings. The fourth-order valence-electron chi connectivity index (χ4n) is 2.19. The lowest BCUT2D eigenvalue weighted by Crippen LogP contribution is -1.99. The number of hydrogen-bond acceptors (Lipinski definition) is 1. The van der Waals surface area contributed by atoms with Crippen molar-refractivity contribution in [2.75, 3.05) is 0 Å². The third kappa shape index (κ3) is 6.29. The fourth-order valence-corrected chi connectivity index (χ4v) is 2.19. The number of rotatable bonds is 7. The SMILES string of the molecule is C#C[C@H](O)C#Cc1cc(F)c(CCCCCCCC)c(F)c1. The molecule has 0 saturated heterocycles. The van der Waals surface area contributed by atoms with Crippen molar-refractivity contribution in [2.24, 2.45) is 0 Å². The Hall–Kier alpha value is -1.84.